The van der Waals surface area contributed by atoms with Crippen molar-refractivity contribution in [3.05, 3.63) is 58.0 Å². The Labute approximate surface area is 169 Å². The number of amides is 1. The van der Waals surface area contributed by atoms with Gasteiger partial charge < -0.3 is 10.6 Å². The number of carbonyl (C=O) groups excluding carboxylic acids is 1. The molecule has 3 nitrogen and oxygen atoms in total. The van der Waals surface area contributed by atoms with E-state index in [4.69, 9.17) is 0 Å². The lowest BCUT2D eigenvalue weighted by Gasteiger charge is -2.54. The van der Waals surface area contributed by atoms with E-state index in [0.717, 1.165) is 28.2 Å². The molecule has 0 saturated heterocycles. The fraction of sp³-hybridized carbons (Fsp3) is 0.522. The fourth-order valence-electron chi connectivity index (χ4n) is 6.39. The number of hydrogen-bond acceptors (Lipinski definition) is 2. The first kappa shape index (κ1) is 18.3. The van der Waals surface area contributed by atoms with Crippen molar-refractivity contribution in [3.63, 3.8) is 0 Å². The molecule has 1 amide bonds. The van der Waals surface area contributed by atoms with Crippen molar-refractivity contribution >= 4 is 17.2 Å². The molecular weight excluding hydrogens is 371 g/mol. The summed E-state index contributed by atoms with van der Waals surface area (Å²) in [6, 6.07) is 10.3. The van der Waals surface area contributed by atoms with E-state index in [9.17, 15) is 9.18 Å². The Balaban J connectivity index is 1.26. The molecule has 4 aliphatic carbocycles. The fourth-order valence-corrected chi connectivity index (χ4v) is 7.19. The van der Waals surface area contributed by atoms with Gasteiger partial charge in [0.1, 0.15) is 5.82 Å². The molecule has 0 spiro atoms. The Morgan fingerprint density at radius 1 is 1.11 bits per heavy atom. The zero-order chi connectivity index (χ0) is 19.1. The van der Waals surface area contributed by atoms with Crippen molar-refractivity contribution in [2.75, 3.05) is 6.54 Å². The average Bonchev–Trinajstić information content (AvgIpc) is 3.19. The number of nitrogens with two attached hydrogens (primary N) is 1. The first-order valence-corrected chi connectivity index (χ1v) is 11.4. The van der Waals surface area contributed by atoms with E-state index >= 15 is 0 Å². The molecule has 2 aromatic rings. The first-order valence-electron chi connectivity index (χ1n) is 10.5. The minimum atomic E-state index is -0.254. The normalized spacial score (nSPS) is 31.7. The van der Waals surface area contributed by atoms with Crippen LogP contribution in [0.2, 0.25) is 0 Å². The smallest absolute Gasteiger partial charge is 0.275 e. The maximum Gasteiger partial charge on any atom is 0.275 e. The molecule has 1 atom stereocenters. The minimum Gasteiger partial charge on any atom is -0.339 e. The second-order valence-electron chi connectivity index (χ2n) is 9.26. The van der Waals surface area contributed by atoms with Gasteiger partial charge in [-0.25, -0.2) is 4.39 Å². The molecule has 4 saturated carbocycles. The number of hydrogen-bond donors (Lipinski definition) is 2. The van der Waals surface area contributed by atoms with Crippen molar-refractivity contribution in [1.29, 1.82) is 0 Å². The first-order chi connectivity index (χ1) is 13.6. The van der Waals surface area contributed by atoms with Crippen LogP contribution in [0.4, 0.5) is 4.39 Å². The molecule has 4 fully saturated rings. The Hall–Kier alpha value is -1.72. The number of carbonyl (C=O) groups is 1. The summed E-state index contributed by atoms with van der Waals surface area (Å²) >= 11 is 1.62. The Morgan fingerprint density at radius 3 is 2.32 bits per heavy atom. The van der Waals surface area contributed by atoms with E-state index in [1.54, 1.807) is 23.5 Å². The summed E-state index contributed by atoms with van der Waals surface area (Å²) in [5.41, 5.74) is 1.23. The minimum absolute atomic E-state index is 0.0680. The van der Waals surface area contributed by atoms with Gasteiger partial charge >= 0.3 is 0 Å². The number of thiophene rings is 1. The third kappa shape index (κ3) is 3.62. The van der Waals surface area contributed by atoms with E-state index in [0.29, 0.717) is 12.1 Å². The molecule has 1 heterocycles. The van der Waals surface area contributed by atoms with Crippen molar-refractivity contribution in [2.24, 2.45) is 17.8 Å². The highest BCUT2D eigenvalue weighted by atomic mass is 32.1. The van der Waals surface area contributed by atoms with Crippen LogP contribution in [0.25, 0.3) is 0 Å². The zero-order valence-corrected chi connectivity index (χ0v) is 16.9. The van der Waals surface area contributed by atoms with Crippen molar-refractivity contribution < 1.29 is 14.5 Å². The monoisotopic (exact) mass is 399 g/mol. The lowest BCUT2D eigenvalue weighted by molar-refractivity contribution is -0.730. The van der Waals surface area contributed by atoms with Crippen LogP contribution in [0.3, 0.4) is 0 Å². The molecule has 0 unspecified atom stereocenters. The third-order valence-electron chi connectivity index (χ3n) is 7.14. The summed E-state index contributed by atoms with van der Waals surface area (Å²) in [4.78, 5) is 13.9. The summed E-state index contributed by atoms with van der Waals surface area (Å²) in [6.45, 7) is 0.481. The van der Waals surface area contributed by atoms with Gasteiger partial charge in [-0.05, 0) is 66.2 Å². The molecule has 28 heavy (non-hydrogen) atoms. The van der Waals surface area contributed by atoms with Crippen LogP contribution in [0, 0.1) is 23.6 Å². The highest BCUT2D eigenvalue weighted by molar-refractivity contribution is 7.10. The lowest BCUT2D eigenvalue weighted by Crippen LogP contribution is -3.00. The van der Waals surface area contributed by atoms with Crippen LogP contribution in [0.15, 0.2) is 41.8 Å². The number of halogens is 1. The van der Waals surface area contributed by atoms with E-state index in [1.165, 1.54) is 50.7 Å². The van der Waals surface area contributed by atoms with Gasteiger partial charge in [-0.15, -0.1) is 11.3 Å². The van der Waals surface area contributed by atoms with Gasteiger partial charge in [0.2, 0.25) is 0 Å². The summed E-state index contributed by atoms with van der Waals surface area (Å²) in [6.07, 6.45) is 8.13. The van der Waals surface area contributed by atoms with Gasteiger partial charge in [-0.3, -0.25) is 4.79 Å². The standard InChI is InChI=1S/C23H27FN2OS/c24-19-5-3-18(4-6-19)22(20-2-1-7-28-20)26-21(27)14-25-23-11-15-8-16(12-23)10-17(9-15)13-23/h1-7,15-17,22,25H,8-14H2,(H,26,27)/p+1/t15?,16?,17?,22-,23?/m1/s1. The Bertz CT molecular complexity index is 798. The van der Waals surface area contributed by atoms with Gasteiger partial charge in [0.05, 0.1) is 11.6 Å². The van der Waals surface area contributed by atoms with Gasteiger partial charge in [0.15, 0.2) is 6.54 Å². The predicted octanol–water partition coefficient (Wildman–Crippen LogP) is 3.63. The SMILES string of the molecule is O=C(C[NH2+]C12CC3CC(CC(C3)C1)C2)N[C@H](c1ccc(F)cc1)c1cccs1. The number of nitrogens with one attached hydrogen (secondary N) is 1. The predicted molar refractivity (Wildman–Crippen MR) is 108 cm³/mol. The molecular formula is C23H28FN2OS+. The van der Waals surface area contributed by atoms with E-state index in [1.807, 2.05) is 17.5 Å². The zero-order valence-electron chi connectivity index (χ0n) is 16.1. The number of benzene rings is 1. The van der Waals surface area contributed by atoms with Crippen LogP contribution in [-0.2, 0) is 4.79 Å². The van der Waals surface area contributed by atoms with Crippen molar-refractivity contribution in [3.8, 4) is 0 Å². The molecule has 1 aromatic carbocycles. The van der Waals surface area contributed by atoms with Gasteiger partial charge in [-0.1, -0.05) is 18.2 Å². The second kappa shape index (κ2) is 7.27. The largest absolute Gasteiger partial charge is 0.339 e. The van der Waals surface area contributed by atoms with Gasteiger partial charge in [0.25, 0.3) is 5.91 Å². The number of quaternary nitrogens is 1. The molecule has 148 valence electrons. The molecule has 0 aliphatic heterocycles. The summed E-state index contributed by atoms with van der Waals surface area (Å²) in [5, 5.41) is 7.57. The van der Waals surface area contributed by atoms with Crippen molar-refractivity contribution in [2.45, 2.75) is 50.1 Å². The van der Waals surface area contributed by atoms with E-state index < -0.39 is 0 Å². The van der Waals surface area contributed by atoms with E-state index in [2.05, 4.69) is 10.6 Å². The highest BCUT2D eigenvalue weighted by Gasteiger charge is 2.53. The maximum atomic E-state index is 13.3. The Kier molecular flexibility index (Phi) is 4.76. The quantitative estimate of drug-likeness (QED) is 0.766. The highest BCUT2D eigenvalue weighted by Crippen LogP contribution is 2.54. The third-order valence-corrected chi connectivity index (χ3v) is 8.08. The second-order valence-corrected chi connectivity index (χ2v) is 10.2. The average molecular weight is 400 g/mol. The molecule has 4 bridgehead atoms. The van der Waals surface area contributed by atoms with Crippen LogP contribution in [-0.4, -0.2) is 18.0 Å². The van der Waals surface area contributed by atoms with Crippen LogP contribution in [0.5, 0.6) is 0 Å². The topological polar surface area (TPSA) is 45.7 Å². The van der Waals surface area contributed by atoms with Crippen LogP contribution < -0.4 is 10.6 Å². The van der Waals surface area contributed by atoms with Gasteiger partial charge in [0, 0.05) is 24.1 Å². The van der Waals surface area contributed by atoms with Crippen molar-refractivity contribution in [1.82, 2.24) is 5.32 Å². The molecule has 3 N–H and O–H groups in total. The Morgan fingerprint density at radius 2 is 1.75 bits per heavy atom. The maximum absolute atomic E-state index is 13.3. The van der Waals surface area contributed by atoms with Crippen LogP contribution in [0.1, 0.15) is 55.0 Å². The lowest BCUT2D eigenvalue weighted by atomic mass is 9.53. The summed E-state index contributed by atoms with van der Waals surface area (Å²) in [5.74, 6) is 2.49. The van der Waals surface area contributed by atoms with Gasteiger partial charge in [-0.2, -0.15) is 0 Å². The summed E-state index contributed by atoms with van der Waals surface area (Å²) < 4.78 is 13.3. The molecule has 4 aliphatic rings. The molecule has 0 radical (unpaired) electrons. The van der Waals surface area contributed by atoms with E-state index in [-0.39, 0.29) is 17.8 Å². The number of rotatable bonds is 6. The molecule has 5 heteroatoms. The molecule has 6 rings (SSSR count). The summed E-state index contributed by atoms with van der Waals surface area (Å²) in [7, 11) is 0. The molecule has 1 aromatic heterocycles. The van der Waals surface area contributed by atoms with Crippen LogP contribution >= 0.6 is 11.3 Å².